The molecule has 0 heterocycles. The summed E-state index contributed by atoms with van der Waals surface area (Å²) < 4.78 is 13.9. The number of anilines is 1. The molecule has 2 rings (SSSR count). The van der Waals surface area contributed by atoms with Crippen molar-refractivity contribution in [2.45, 2.75) is 44.7 Å². The van der Waals surface area contributed by atoms with Gasteiger partial charge in [-0.25, -0.2) is 4.39 Å². The van der Waals surface area contributed by atoms with Gasteiger partial charge in [-0.15, -0.1) is 0 Å². The smallest absolute Gasteiger partial charge is 0.293 e. The van der Waals surface area contributed by atoms with E-state index < -0.39 is 10.7 Å². The summed E-state index contributed by atoms with van der Waals surface area (Å²) in [7, 11) is 0. The molecule has 1 fully saturated rings. The molecule has 0 radical (unpaired) electrons. The Labute approximate surface area is 131 Å². The minimum atomic E-state index is -0.485. The van der Waals surface area contributed by atoms with Crippen molar-refractivity contribution >= 4 is 27.3 Å². The van der Waals surface area contributed by atoms with E-state index in [2.05, 4.69) is 15.9 Å². The first-order valence-corrected chi connectivity index (χ1v) is 7.89. The van der Waals surface area contributed by atoms with Crippen LogP contribution in [0.15, 0.2) is 16.6 Å². The van der Waals surface area contributed by atoms with Crippen molar-refractivity contribution in [3.8, 4) is 0 Å². The molecule has 0 amide bonds. The van der Waals surface area contributed by atoms with E-state index >= 15 is 0 Å². The van der Waals surface area contributed by atoms with Crippen molar-refractivity contribution < 1.29 is 9.31 Å². The van der Waals surface area contributed by atoms with Crippen LogP contribution in [0.4, 0.5) is 15.8 Å². The van der Waals surface area contributed by atoms with Crippen molar-refractivity contribution in [2.75, 3.05) is 11.4 Å². The average Bonchev–Trinajstić information content (AvgIpc) is 2.45. The molecule has 0 saturated heterocycles. The van der Waals surface area contributed by atoms with Crippen LogP contribution < -0.4 is 10.6 Å². The van der Waals surface area contributed by atoms with Crippen LogP contribution in [0, 0.1) is 15.9 Å². The summed E-state index contributed by atoms with van der Waals surface area (Å²) in [4.78, 5) is 12.7. The third-order valence-corrected chi connectivity index (χ3v) is 4.65. The van der Waals surface area contributed by atoms with Gasteiger partial charge < -0.3 is 10.6 Å². The Bertz CT molecular complexity index is 533. The lowest BCUT2D eigenvalue weighted by Crippen LogP contribution is -2.41. The van der Waals surface area contributed by atoms with Crippen molar-refractivity contribution in [1.29, 1.82) is 0 Å². The maximum absolute atomic E-state index is 13.8. The number of nitrogens with two attached hydrogens (primary N) is 1. The monoisotopic (exact) mass is 359 g/mol. The van der Waals surface area contributed by atoms with Gasteiger partial charge in [0.05, 0.1) is 9.40 Å². The van der Waals surface area contributed by atoms with Crippen LogP contribution in [0.3, 0.4) is 0 Å². The van der Waals surface area contributed by atoms with E-state index in [4.69, 9.17) is 5.73 Å². The normalized spacial score (nSPS) is 22.1. The van der Waals surface area contributed by atoms with Gasteiger partial charge in [-0.3, -0.25) is 10.1 Å². The number of nitro benzene ring substituents is 1. The predicted octanol–water partition coefficient (Wildman–Crippen LogP) is 3.59. The fourth-order valence-corrected chi connectivity index (χ4v) is 3.27. The Hall–Kier alpha value is -1.21. The Morgan fingerprint density at radius 1 is 1.43 bits per heavy atom. The molecule has 1 aliphatic rings. The highest BCUT2D eigenvalue weighted by atomic mass is 79.9. The minimum Gasteiger partial charge on any atom is -0.363 e. The Morgan fingerprint density at radius 3 is 2.57 bits per heavy atom. The van der Waals surface area contributed by atoms with Gasteiger partial charge in [0, 0.05) is 30.8 Å². The Kier molecular flexibility index (Phi) is 5.16. The molecule has 21 heavy (non-hydrogen) atoms. The molecule has 5 nitrogen and oxygen atoms in total. The minimum absolute atomic E-state index is 0.0694. The first kappa shape index (κ1) is 16.2. The summed E-state index contributed by atoms with van der Waals surface area (Å²) in [6.07, 6.45) is 3.55. The lowest BCUT2D eigenvalue weighted by Gasteiger charge is -2.36. The molecule has 0 aromatic heterocycles. The van der Waals surface area contributed by atoms with Crippen LogP contribution in [0.5, 0.6) is 0 Å². The molecule has 7 heteroatoms. The lowest BCUT2D eigenvalue weighted by atomic mass is 9.90. The van der Waals surface area contributed by atoms with E-state index in [1.54, 1.807) is 0 Å². The maximum Gasteiger partial charge on any atom is 0.293 e. The molecule has 0 aliphatic heterocycles. The fourth-order valence-electron chi connectivity index (χ4n) is 2.94. The van der Waals surface area contributed by atoms with Gasteiger partial charge >= 0.3 is 0 Å². The van der Waals surface area contributed by atoms with Crippen LogP contribution in [0.1, 0.15) is 32.6 Å². The summed E-state index contributed by atoms with van der Waals surface area (Å²) in [5, 5.41) is 11.3. The average molecular weight is 360 g/mol. The van der Waals surface area contributed by atoms with Crippen molar-refractivity contribution in [2.24, 2.45) is 5.73 Å². The molecule has 1 saturated carbocycles. The number of nitrogens with zero attached hydrogens (tertiary/aromatic N) is 2. The fraction of sp³-hybridized carbons (Fsp3) is 0.571. The van der Waals surface area contributed by atoms with Crippen molar-refractivity contribution in [1.82, 2.24) is 0 Å². The van der Waals surface area contributed by atoms with Crippen LogP contribution in [-0.2, 0) is 0 Å². The second-order valence-electron chi connectivity index (χ2n) is 5.37. The number of hydrogen-bond acceptors (Lipinski definition) is 4. The number of nitro groups is 1. The quantitative estimate of drug-likeness (QED) is 0.658. The first-order valence-electron chi connectivity index (χ1n) is 7.09. The molecular formula is C14H19BrFN3O2. The molecule has 116 valence electrons. The highest BCUT2D eigenvalue weighted by molar-refractivity contribution is 9.10. The molecule has 0 atom stereocenters. The number of hydrogen-bond donors (Lipinski definition) is 1. The molecular weight excluding hydrogens is 341 g/mol. The second-order valence-corrected chi connectivity index (χ2v) is 6.22. The van der Waals surface area contributed by atoms with Gasteiger partial charge in [0.2, 0.25) is 0 Å². The zero-order chi connectivity index (χ0) is 15.6. The lowest BCUT2D eigenvalue weighted by molar-refractivity contribution is -0.384. The summed E-state index contributed by atoms with van der Waals surface area (Å²) in [5.41, 5.74) is 6.19. The SMILES string of the molecule is CCN(c1cc(F)c(Br)cc1[N+](=O)[O-])C1CCC(N)CC1. The van der Waals surface area contributed by atoms with Gasteiger partial charge in [-0.1, -0.05) is 0 Å². The zero-order valence-corrected chi connectivity index (χ0v) is 13.5. The van der Waals surface area contributed by atoms with E-state index in [1.165, 1.54) is 12.1 Å². The number of halogens is 2. The van der Waals surface area contributed by atoms with Gasteiger partial charge in [0.1, 0.15) is 11.5 Å². The van der Waals surface area contributed by atoms with Gasteiger partial charge in [0.15, 0.2) is 0 Å². The first-order chi connectivity index (χ1) is 9.93. The highest BCUT2D eigenvalue weighted by Crippen LogP contribution is 2.36. The van der Waals surface area contributed by atoms with E-state index in [0.29, 0.717) is 12.2 Å². The maximum atomic E-state index is 13.8. The number of benzene rings is 1. The molecule has 0 spiro atoms. The highest BCUT2D eigenvalue weighted by Gasteiger charge is 2.29. The van der Waals surface area contributed by atoms with E-state index in [9.17, 15) is 14.5 Å². The van der Waals surface area contributed by atoms with Gasteiger partial charge in [-0.2, -0.15) is 0 Å². The molecule has 0 unspecified atom stereocenters. The van der Waals surface area contributed by atoms with E-state index in [-0.39, 0.29) is 22.2 Å². The van der Waals surface area contributed by atoms with Crippen LogP contribution in [0.2, 0.25) is 0 Å². The van der Waals surface area contributed by atoms with Crippen LogP contribution in [-0.4, -0.2) is 23.6 Å². The third kappa shape index (κ3) is 3.52. The second kappa shape index (κ2) is 6.70. The predicted molar refractivity (Wildman–Crippen MR) is 84.0 cm³/mol. The third-order valence-electron chi connectivity index (χ3n) is 4.05. The van der Waals surface area contributed by atoms with Crippen LogP contribution >= 0.6 is 15.9 Å². The number of rotatable bonds is 4. The summed E-state index contributed by atoms with van der Waals surface area (Å²) >= 11 is 3.01. The van der Waals surface area contributed by atoms with Gasteiger partial charge in [0.25, 0.3) is 5.69 Å². The standard InChI is InChI=1S/C14H19BrFN3O2/c1-2-18(10-5-3-9(17)4-6-10)13-8-12(16)11(15)7-14(13)19(20)21/h7-10H,2-6,17H2,1H3. The molecule has 1 aromatic carbocycles. The molecule has 0 bridgehead atoms. The zero-order valence-electron chi connectivity index (χ0n) is 11.9. The van der Waals surface area contributed by atoms with Crippen LogP contribution in [0.25, 0.3) is 0 Å². The van der Waals surface area contributed by atoms with E-state index in [0.717, 1.165) is 25.7 Å². The Morgan fingerprint density at radius 2 is 2.05 bits per heavy atom. The topological polar surface area (TPSA) is 72.4 Å². The summed E-state index contributed by atoms with van der Waals surface area (Å²) in [6.45, 7) is 2.53. The summed E-state index contributed by atoms with van der Waals surface area (Å²) in [5.74, 6) is -0.485. The largest absolute Gasteiger partial charge is 0.363 e. The van der Waals surface area contributed by atoms with E-state index in [1.807, 2.05) is 11.8 Å². The molecule has 1 aromatic rings. The summed E-state index contributed by atoms with van der Waals surface area (Å²) in [6, 6.07) is 2.87. The van der Waals surface area contributed by atoms with Gasteiger partial charge in [-0.05, 0) is 48.5 Å². The van der Waals surface area contributed by atoms with Crippen molar-refractivity contribution in [3.05, 3.63) is 32.5 Å². The molecule has 2 N–H and O–H groups in total. The molecule has 1 aliphatic carbocycles. The Balaban J connectivity index is 2.37. The van der Waals surface area contributed by atoms with Crippen molar-refractivity contribution in [3.63, 3.8) is 0 Å².